The lowest BCUT2D eigenvalue weighted by molar-refractivity contribution is 0.0487. The second-order valence-electron chi connectivity index (χ2n) is 6.87. The van der Waals surface area contributed by atoms with Gasteiger partial charge >= 0.3 is 0 Å². The highest BCUT2D eigenvalue weighted by atomic mass is 16.5. The maximum atomic E-state index is 6.24. The highest BCUT2D eigenvalue weighted by Gasteiger charge is 2.28. The third-order valence-electron chi connectivity index (χ3n) is 4.80. The van der Waals surface area contributed by atoms with Crippen LogP contribution in [0.4, 0.5) is 0 Å². The van der Waals surface area contributed by atoms with Crippen molar-refractivity contribution in [2.24, 2.45) is 0 Å². The summed E-state index contributed by atoms with van der Waals surface area (Å²) < 4.78 is 6.24. The topological polar surface area (TPSA) is 9.23 Å². The van der Waals surface area contributed by atoms with E-state index in [4.69, 9.17) is 4.74 Å². The van der Waals surface area contributed by atoms with Crippen molar-refractivity contribution in [1.29, 1.82) is 0 Å². The van der Waals surface area contributed by atoms with Gasteiger partial charge in [-0.2, -0.15) is 0 Å². The smallest absolute Gasteiger partial charge is 0.120 e. The molecule has 1 aromatic carbocycles. The summed E-state index contributed by atoms with van der Waals surface area (Å²) in [6.07, 6.45) is 7.51. The standard InChI is InChI=1S/C18H28O/c1-5-17(2,3)15-9-11-16(12-10-15)19-18(4)13-7-6-8-14-18/h9-12H,5-8,13-14H2,1-4H3. The summed E-state index contributed by atoms with van der Waals surface area (Å²) in [4.78, 5) is 0. The molecule has 1 saturated carbocycles. The maximum absolute atomic E-state index is 6.24. The Labute approximate surface area is 118 Å². The average molecular weight is 260 g/mol. The molecule has 106 valence electrons. The van der Waals surface area contributed by atoms with Crippen LogP contribution in [-0.2, 0) is 5.41 Å². The van der Waals surface area contributed by atoms with Gasteiger partial charge in [0.15, 0.2) is 0 Å². The largest absolute Gasteiger partial charge is 0.488 e. The second-order valence-corrected chi connectivity index (χ2v) is 6.87. The Morgan fingerprint density at radius 3 is 2.16 bits per heavy atom. The van der Waals surface area contributed by atoms with E-state index in [-0.39, 0.29) is 11.0 Å². The van der Waals surface area contributed by atoms with Gasteiger partial charge in [-0.3, -0.25) is 0 Å². The fourth-order valence-electron chi connectivity index (χ4n) is 2.86. The number of hydrogen-bond donors (Lipinski definition) is 0. The number of rotatable bonds is 4. The fourth-order valence-corrected chi connectivity index (χ4v) is 2.86. The maximum Gasteiger partial charge on any atom is 0.120 e. The zero-order valence-corrected chi connectivity index (χ0v) is 13.0. The van der Waals surface area contributed by atoms with Crippen molar-refractivity contribution < 1.29 is 4.74 Å². The predicted octanol–water partition coefficient (Wildman–Crippen LogP) is 5.48. The molecule has 0 unspecified atom stereocenters. The van der Waals surface area contributed by atoms with Gasteiger partial charge in [0.2, 0.25) is 0 Å². The quantitative estimate of drug-likeness (QED) is 0.697. The molecule has 1 nitrogen and oxygen atoms in total. The van der Waals surface area contributed by atoms with Gasteiger partial charge in [0.05, 0.1) is 0 Å². The van der Waals surface area contributed by atoms with Crippen LogP contribution in [-0.4, -0.2) is 5.60 Å². The first-order chi connectivity index (χ1) is 8.95. The van der Waals surface area contributed by atoms with Crippen LogP contribution in [0.15, 0.2) is 24.3 Å². The van der Waals surface area contributed by atoms with Crippen LogP contribution in [0.25, 0.3) is 0 Å². The Morgan fingerprint density at radius 2 is 1.63 bits per heavy atom. The summed E-state index contributed by atoms with van der Waals surface area (Å²) in [5.74, 6) is 1.03. The van der Waals surface area contributed by atoms with Crippen molar-refractivity contribution in [2.75, 3.05) is 0 Å². The predicted molar refractivity (Wildman–Crippen MR) is 81.9 cm³/mol. The van der Waals surface area contributed by atoms with Crippen molar-refractivity contribution in [2.45, 2.75) is 77.2 Å². The molecule has 0 N–H and O–H groups in total. The third-order valence-corrected chi connectivity index (χ3v) is 4.80. The third kappa shape index (κ3) is 3.52. The van der Waals surface area contributed by atoms with Gasteiger partial charge in [-0.15, -0.1) is 0 Å². The summed E-state index contributed by atoms with van der Waals surface area (Å²) in [6.45, 7) is 9.10. The summed E-state index contributed by atoms with van der Waals surface area (Å²) in [6, 6.07) is 8.75. The van der Waals surface area contributed by atoms with Crippen LogP contribution >= 0.6 is 0 Å². The molecule has 2 rings (SSSR count). The molecule has 0 bridgehead atoms. The van der Waals surface area contributed by atoms with Gasteiger partial charge < -0.3 is 4.74 Å². The lowest BCUT2D eigenvalue weighted by Gasteiger charge is -2.34. The molecule has 0 amide bonds. The molecule has 0 radical (unpaired) electrons. The van der Waals surface area contributed by atoms with E-state index in [1.165, 1.54) is 37.7 Å². The molecule has 0 aliphatic heterocycles. The first kappa shape index (κ1) is 14.4. The van der Waals surface area contributed by atoms with E-state index in [0.717, 1.165) is 12.2 Å². The van der Waals surface area contributed by atoms with Gasteiger partial charge in [0.1, 0.15) is 11.4 Å². The lowest BCUT2D eigenvalue weighted by Crippen LogP contribution is -2.34. The zero-order chi connectivity index (χ0) is 13.9. The van der Waals surface area contributed by atoms with E-state index in [0.29, 0.717) is 0 Å². The highest BCUT2D eigenvalue weighted by molar-refractivity contribution is 5.32. The first-order valence-corrected chi connectivity index (χ1v) is 7.75. The molecule has 1 aromatic rings. The van der Waals surface area contributed by atoms with Crippen LogP contribution in [0.3, 0.4) is 0 Å². The molecule has 1 fully saturated rings. The van der Waals surface area contributed by atoms with E-state index < -0.39 is 0 Å². The number of hydrogen-bond acceptors (Lipinski definition) is 1. The monoisotopic (exact) mass is 260 g/mol. The second kappa shape index (κ2) is 5.56. The minimum atomic E-state index is 0.0556. The number of ether oxygens (including phenoxy) is 1. The van der Waals surface area contributed by atoms with Crippen LogP contribution < -0.4 is 4.74 Å². The van der Waals surface area contributed by atoms with Crippen molar-refractivity contribution >= 4 is 0 Å². The van der Waals surface area contributed by atoms with Gasteiger partial charge in [0.25, 0.3) is 0 Å². The normalized spacial score (nSPS) is 19.2. The van der Waals surface area contributed by atoms with E-state index in [1.807, 2.05) is 0 Å². The van der Waals surface area contributed by atoms with E-state index in [1.54, 1.807) is 0 Å². The molecule has 1 heteroatoms. The molecule has 0 atom stereocenters. The van der Waals surface area contributed by atoms with Crippen molar-refractivity contribution in [3.8, 4) is 5.75 Å². The van der Waals surface area contributed by atoms with E-state index in [9.17, 15) is 0 Å². The van der Waals surface area contributed by atoms with Gasteiger partial charge in [0, 0.05) is 0 Å². The summed E-state index contributed by atoms with van der Waals surface area (Å²) in [5, 5.41) is 0. The SMILES string of the molecule is CCC(C)(C)c1ccc(OC2(C)CCCCC2)cc1. The molecule has 0 heterocycles. The fraction of sp³-hybridized carbons (Fsp3) is 0.667. The van der Waals surface area contributed by atoms with Gasteiger partial charge in [-0.1, -0.05) is 39.3 Å². The minimum absolute atomic E-state index is 0.0556. The Balaban J connectivity index is 2.06. The van der Waals surface area contributed by atoms with Crippen LogP contribution in [0, 0.1) is 0 Å². The minimum Gasteiger partial charge on any atom is -0.488 e. The molecule has 19 heavy (non-hydrogen) atoms. The molecular formula is C18H28O. The number of benzene rings is 1. The summed E-state index contributed by atoms with van der Waals surface area (Å²) in [7, 11) is 0. The zero-order valence-electron chi connectivity index (χ0n) is 13.0. The summed E-state index contributed by atoms with van der Waals surface area (Å²) in [5.41, 5.74) is 1.71. The Morgan fingerprint density at radius 1 is 1.05 bits per heavy atom. The molecule has 0 spiro atoms. The van der Waals surface area contributed by atoms with Crippen LogP contribution in [0.1, 0.15) is 71.8 Å². The Hall–Kier alpha value is -0.980. The van der Waals surface area contributed by atoms with Crippen molar-refractivity contribution in [1.82, 2.24) is 0 Å². The first-order valence-electron chi connectivity index (χ1n) is 7.75. The van der Waals surface area contributed by atoms with Gasteiger partial charge in [-0.25, -0.2) is 0 Å². The molecule has 1 aliphatic carbocycles. The van der Waals surface area contributed by atoms with Gasteiger partial charge in [-0.05, 0) is 62.1 Å². The average Bonchev–Trinajstić information content (AvgIpc) is 2.40. The van der Waals surface area contributed by atoms with E-state index in [2.05, 4.69) is 52.0 Å². The van der Waals surface area contributed by atoms with Crippen molar-refractivity contribution in [3.63, 3.8) is 0 Å². The summed E-state index contributed by atoms with van der Waals surface area (Å²) >= 11 is 0. The molecule has 0 aromatic heterocycles. The Kier molecular flexibility index (Phi) is 4.23. The van der Waals surface area contributed by atoms with Crippen LogP contribution in [0.2, 0.25) is 0 Å². The lowest BCUT2D eigenvalue weighted by atomic mass is 9.82. The van der Waals surface area contributed by atoms with Crippen LogP contribution in [0.5, 0.6) is 5.75 Å². The van der Waals surface area contributed by atoms with E-state index >= 15 is 0 Å². The van der Waals surface area contributed by atoms with Crippen molar-refractivity contribution in [3.05, 3.63) is 29.8 Å². The molecule has 0 saturated heterocycles. The molecule has 1 aliphatic rings. The highest BCUT2D eigenvalue weighted by Crippen LogP contribution is 2.34. The molecular weight excluding hydrogens is 232 g/mol. The Bertz CT molecular complexity index is 396.